The predicted octanol–water partition coefficient (Wildman–Crippen LogP) is 1.67. The Morgan fingerprint density at radius 2 is 2.32 bits per heavy atom. The SMILES string of the molecule is CCS(=O)(=O)NCC[C@@H]1CCOC12CN(Cc1cccs1)C2. The summed E-state index contributed by atoms with van der Waals surface area (Å²) in [7, 11) is -3.08. The third kappa shape index (κ3) is 3.54. The molecule has 2 aliphatic rings. The summed E-state index contributed by atoms with van der Waals surface area (Å²) in [6.45, 7) is 5.93. The predicted molar refractivity (Wildman–Crippen MR) is 88.5 cm³/mol. The topological polar surface area (TPSA) is 58.6 Å². The number of nitrogens with one attached hydrogen (secondary N) is 1. The highest BCUT2D eigenvalue weighted by atomic mass is 32.2. The molecule has 2 aliphatic heterocycles. The summed E-state index contributed by atoms with van der Waals surface area (Å²) >= 11 is 1.79. The summed E-state index contributed by atoms with van der Waals surface area (Å²) in [5.41, 5.74) is -0.0328. The Labute approximate surface area is 136 Å². The molecule has 1 aromatic heterocycles. The van der Waals surface area contributed by atoms with Crippen LogP contribution in [0, 0.1) is 5.92 Å². The molecule has 0 saturated carbocycles. The van der Waals surface area contributed by atoms with E-state index in [1.165, 1.54) is 4.88 Å². The summed E-state index contributed by atoms with van der Waals surface area (Å²) in [6.07, 6.45) is 1.91. The molecule has 0 amide bonds. The lowest BCUT2D eigenvalue weighted by Crippen LogP contribution is -2.64. The van der Waals surface area contributed by atoms with Gasteiger partial charge in [-0.05, 0) is 37.1 Å². The lowest BCUT2D eigenvalue weighted by atomic mass is 9.79. The minimum atomic E-state index is -3.08. The van der Waals surface area contributed by atoms with Gasteiger partial charge in [-0.2, -0.15) is 0 Å². The Morgan fingerprint density at radius 1 is 1.50 bits per heavy atom. The smallest absolute Gasteiger partial charge is 0.211 e. The first-order chi connectivity index (χ1) is 10.5. The van der Waals surface area contributed by atoms with Crippen LogP contribution in [-0.2, 0) is 21.3 Å². The Hall–Kier alpha value is -0.470. The maximum Gasteiger partial charge on any atom is 0.211 e. The molecule has 0 aromatic carbocycles. The van der Waals surface area contributed by atoms with Crippen LogP contribution < -0.4 is 4.72 Å². The second-order valence-electron chi connectivity index (χ2n) is 6.21. The number of hydrogen-bond acceptors (Lipinski definition) is 5. The highest BCUT2D eigenvalue weighted by Gasteiger charge is 2.52. The van der Waals surface area contributed by atoms with E-state index >= 15 is 0 Å². The number of hydrogen-bond donors (Lipinski definition) is 1. The van der Waals surface area contributed by atoms with Gasteiger partial charge in [0.05, 0.1) is 11.4 Å². The van der Waals surface area contributed by atoms with Crippen molar-refractivity contribution < 1.29 is 13.2 Å². The number of rotatable bonds is 7. The molecule has 22 heavy (non-hydrogen) atoms. The summed E-state index contributed by atoms with van der Waals surface area (Å²) in [5, 5.41) is 2.11. The molecule has 5 nitrogen and oxygen atoms in total. The molecular weight excluding hydrogens is 320 g/mol. The molecule has 3 rings (SSSR count). The van der Waals surface area contributed by atoms with Crippen LogP contribution in [0.3, 0.4) is 0 Å². The van der Waals surface area contributed by atoms with E-state index in [4.69, 9.17) is 4.74 Å². The van der Waals surface area contributed by atoms with Gasteiger partial charge < -0.3 is 4.74 Å². The second-order valence-corrected chi connectivity index (χ2v) is 9.34. The van der Waals surface area contributed by atoms with E-state index in [0.29, 0.717) is 12.5 Å². The Bertz CT molecular complexity index is 580. The molecule has 7 heteroatoms. The van der Waals surface area contributed by atoms with Gasteiger partial charge in [-0.3, -0.25) is 4.90 Å². The van der Waals surface area contributed by atoms with Crippen molar-refractivity contribution in [3.05, 3.63) is 22.4 Å². The number of sulfonamides is 1. The Balaban J connectivity index is 1.47. The Kier molecular flexibility index (Phi) is 4.89. The number of nitrogens with zero attached hydrogens (tertiary/aromatic N) is 1. The molecule has 0 unspecified atom stereocenters. The summed E-state index contributed by atoms with van der Waals surface area (Å²) in [6, 6.07) is 4.26. The van der Waals surface area contributed by atoms with Gasteiger partial charge in [-0.1, -0.05) is 6.07 Å². The minimum Gasteiger partial charge on any atom is -0.372 e. The zero-order valence-corrected chi connectivity index (χ0v) is 14.6. The van der Waals surface area contributed by atoms with E-state index in [9.17, 15) is 8.42 Å². The highest BCUT2D eigenvalue weighted by Crippen LogP contribution is 2.42. The van der Waals surface area contributed by atoms with Crippen molar-refractivity contribution in [3.8, 4) is 0 Å². The van der Waals surface area contributed by atoms with Crippen LogP contribution in [0.4, 0.5) is 0 Å². The molecule has 124 valence electrons. The molecule has 3 heterocycles. The van der Waals surface area contributed by atoms with Gasteiger partial charge in [0.1, 0.15) is 0 Å². The van der Waals surface area contributed by atoms with Gasteiger partial charge in [-0.15, -0.1) is 11.3 Å². The largest absolute Gasteiger partial charge is 0.372 e. The van der Waals surface area contributed by atoms with E-state index in [2.05, 4.69) is 27.1 Å². The molecule has 1 aromatic rings. The van der Waals surface area contributed by atoms with Crippen molar-refractivity contribution in [2.75, 3.05) is 32.0 Å². The van der Waals surface area contributed by atoms with Crippen LogP contribution in [0.5, 0.6) is 0 Å². The molecule has 0 radical (unpaired) electrons. The Morgan fingerprint density at radius 3 is 3.00 bits per heavy atom. The van der Waals surface area contributed by atoms with E-state index in [1.54, 1.807) is 18.3 Å². The molecule has 0 bridgehead atoms. The third-order valence-corrected chi connectivity index (χ3v) is 7.00. The zero-order chi connectivity index (χ0) is 15.6. The van der Waals surface area contributed by atoms with Crippen molar-refractivity contribution in [1.29, 1.82) is 0 Å². The zero-order valence-electron chi connectivity index (χ0n) is 13.0. The van der Waals surface area contributed by atoms with Crippen molar-refractivity contribution in [2.24, 2.45) is 5.92 Å². The lowest BCUT2D eigenvalue weighted by Gasteiger charge is -2.50. The van der Waals surface area contributed by atoms with E-state index < -0.39 is 10.0 Å². The summed E-state index contributed by atoms with van der Waals surface area (Å²) in [4.78, 5) is 3.81. The van der Waals surface area contributed by atoms with Gasteiger partial charge in [0, 0.05) is 37.7 Å². The second kappa shape index (κ2) is 6.57. The van der Waals surface area contributed by atoms with Crippen molar-refractivity contribution in [2.45, 2.75) is 31.9 Å². The minimum absolute atomic E-state index is 0.0328. The molecule has 2 saturated heterocycles. The fourth-order valence-electron chi connectivity index (χ4n) is 3.48. The standard InChI is InChI=1S/C15H24N2O3S2/c1-2-22(18,19)16-7-5-13-6-8-20-15(13)11-17(12-15)10-14-4-3-9-21-14/h3-4,9,13,16H,2,5-8,10-12H2,1H3/t13-/m1/s1. The van der Waals surface area contributed by atoms with Crippen molar-refractivity contribution in [1.82, 2.24) is 9.62 Å². The maximum absolute atomic E-state index is 11.5. The highest BCUT2D eigenvalue weighted by molar-refractivity contribution is 7.89. The molecule has 1 atom stereocenters. The van der Waals surface area contributed by atoms with E-state index in [1.807, 2.05) is 0 Å². The first-order valence-electron chi connectivity index (χ1n) is 7.89. The molecule has 1 N–H and O–H groups in total. The number of likely N-dealkylation sites (tertiary alicyclic amines) is 1. The van der Waals surface area contributed by atoms with Crippen LogP contribution >= 0.6 is 11.3 Å². The molecule has 1 spiro atoms. The van der Waals surface area contributed by atoms with E-state index in [-0.39, 0.29) is 11.4 Å². The van der Waals surface area contributed by atoms with Crippen molar-refractivity contribution in [3.63, 3.8) is 0 Å². The summed E-state index contributed by atoms with van der Waals surface area (Å²) in [5.74, 6) is 0.611. The van der Waals surface area contributed by atoms with Gasteiger partial charge in [0.2, 0.25) is 10.0 Å². The third-order valence-electron chi connectivity index (χ3n) is 4.74. The van der Waals surface area contributed by atoms with Gasteiger partial charge in [0.15, 0.2) is 0 Å². The lowest BCUT2D eigenvalue weighted by molar-refractivity contribution is -0.136. The van der Waals surface area contributed by atoms with Crippen LogP contribution in [0.1, 0.15) is 24.6 Å². The first-order valence-corrected chi connectivity index (χ1v) is 10.4. The van der Waals surface area contributed by atoms with E-state index in [0.717, 1.165) is 39.1 Å². The number of ether oxygens (including phenoxy) is 1. The maximum atomic E-state index is 11.5. The summed E-state index contributed by atoms with van der Waals surface area (Å²) < 4.78 is 31.7. The van der Waals surface area contributed by atoms with Crippen LogP contribution in [0.15, 0.2) is 17.5 Å². The van der Waals surface area contributed by atoms with Crippen LogP contribution in [-0.4, -0.2) is 50.9 Å². The average molecular weight is 345 g/mol. The fraction of sp³-hybridized carbons (Fsp3) is 0.733. The first kappa shape index (κ1) is 16.4. The normalized spacial score (nSPS) is 24.7. The van der Waals surface area contributed by atoms with Crippen molar-refractivity contribution >= 4 is 21.4 Å². The van der Waals surface area contributed by atoms with Gasteiger partial charge >= 0.3 is 0 Å². The van der Waals surface area contributed by atoms with Gasteiger partial charge in [-0.25, -0.2) is 13.1 Å². The number of thiophene rings is 1. The van der Waals surface area contributed by atoms with Crippen LogP contribution in [0.2, 0.25) is 0 Å². The molecular formula is C15H24N2O3S2. The van der Waals surface area contributed by atoms with Gasteiger partial charge in [0.25, 0.3) is 0 Å². The monoisotopic (exact) mass is 344 g/mol. The average Bonchev–Trinajstić information content (AvgIpc) is 3.08. The quantitative estimate of drug-likeness (QED) is 0.817. The molecule has 2 fully saturated rings. The fourth-order valence-corrected chi connectivity index (χ4v) is 4.86. The molecule has 0 aliphatic carbocycles. The van der Waals surface area contributed by atoms with Crippen LogP contribution in [0.25, 0.3) is 0 Å².